The summed E-state index contributed by atoms with van der Waals surface area (Å²) in [7, 11) is 0. The van der Waals surface area contributed by atoms with Gasteiger partial charge in [-0.05, 0) is 35.9 Å². The zero-order valence-corrected chi connectivity index (χ0v) is 11.2. The van der Waals surface area contributed by atoms with Crippen LogP contribution in [-0.4, -0.2) is 0 Å². The van der Waals surface area contributed by atoms with Crippen LogP contribution in [0.25, 0.3) is 0 Å². The molecule has 94 valence electrons. The zero-order valence-electron chi connectivity index (χ0n) is 9.70. The minimum Gasteiger partial charge on any atom is -0.489 e. The Bertz CT molecular complexity index is 543. The Morgan fingerprint density at radius 3 is 2.50 bits per heavy atom. The van der Waals surface area contributed by atoms with E-state index in [0.717, 1.165) is 16.9 Å². The van der Waals surface area contributed by atoms with Gasteiger partial charge in [-0.15, -0.1) is 0 Å². The van der Waals surface area contributed by atoms with E-state index in [9.17, 15) is 0 Å². The molecule has 2 rings (SSSR count). The zero-order chi connectivity index (χ0) is 13.0. The lowest BCUT2D eigenvalue weighted by atomic mass is 10.2. The molecule has 0 spiro atoms. The number of benzene rings is 2. The van der Waals surface area contributed by atoms with Crippen LogP contribution < -0.4 is 10.5 Å². The van der Waals surface area contributed by atoms with Crippen molar-refractivity contribution in [1.29, 1.82) is 0 Å². The Morgan fingerprint density at radius 1 is 1.00 bits per heavy atom. The second-order valence-corrected chi connectivity index (χ2v) is 4.75. The van der Waals surface area contributed by atoms with Crippen molar-refractivity contribution in [3.8, 4) is 5.75 Å². The molecule has 4 heteroatoms. The third-order valence-corrected chi connectivity index (χ3v) is 3.00. The monoisotopic (exact) mass is 281 g/mol. The minimum atomic E-state index is 0.394. The second kappa shape index (κ2) is 6.10. The molecule has 0 saturated carbocycles. The molecule has 2 nitrogen and oxygen atoms in total. The van der Waals surface area contributed by atoms with Crippen LogP contribution >= 0.6 is 23.2 Å². The molecule has 0 heterocycles. The Kier molecular flexibility index (Phi) is 4.48. The van der Waals surface area contributed by atoms with Gasteiger partial charge in [0.1, 0.15) is 12.4 Å². The highest BCUT2D eigenvalue weighted by Crippen LogP contribution is 2.23. The fraction of sp³-hybridized carbons (Fsp3) is 0.143. The summed E-state index contributed by atoms with van der Waals surface area (Å²) in [6.07, 6.45) is 0. The van der Waals surface area contributed by atoms with Gasteiger partial charge >= 0.3 is 0 Å². The molecule has 0 aliphatic carbocycles. The van der Waals surface area contributed by atoms with E-state index in [1.165, 1.54) is 0 Å². The fourth-order valence-electron chi connectivity index (χ4n) is 1.64. The Morgan fingerprint density at radius 2 is 1.78 bits per heavy atom. The summed E-state index contributed by atoms with van der Waals surface area (Å²) in [5.41, 5.74) is 7.56. The largest absolute Gasteiger partial charge is 0.489 e. The van der Waals surface area contributed by atoms with Gasteiger partial charge in [0, 0.05) is 22.2 Å². The van der Waals surface area contributed by atoms with Crippen molar-refractivity contribution in [1.82, 2.24) is 0 Å². The fourth-order valence-corrected chi connectivity index (χ4v) is 2.04. The first kappa shape index (κ1) is 13.2. The lowest BCUT2D eigenvalue weighted by molar-refractivity contribution is 0.303. The number of rotatable bonds is 4. The van der Waals surface area contributed by atoms with Crippen molar-refractivity contribution in [2.45, 2.75) is 13.2 Å². The summed E-state index contributed by atoms with van der Waals surface area (Å²) in [5.74, 6) is 0.752. The van der Waals surface area contributed by atoms with E-state index in [2.05, 4.69) is 0 Å². The van der Waals surface area contributed by atoms with Crippen LogP contribution in [0.5, 0.6) is 5.75 Å². The lowest BCUT2D eigenvalue weighted by Gasteiger charge is -2.11. The molecule has 0 fully saturated rings. The SMILES string of the molecule is NCc1cc(Cl)ccc1OCc1cccc(Cl)c1. The average molecular weight is 282 g/mol. The molecule has 0 amide bonds. The van der Waals surface area contributed by atoms with Gasteiger partial charge in [0.2, 0.25) is 0 Å². The van der Waals surface area contributed by atoms with Crippen LogP contribution in [0, 0.1) is 0 Å². The van der Waals surface area contributed by atoms with Gasteiger partial charge in [-0.1, -0.05) is 35.3 Å². The summed E-state index contributed by atoms with van der Waals surface area (Å²) in [5, 5.41) is 1.36. The van der Waals surface area contributed by atoms with E-state index in [-0.39, 0.29) is 0 Å². The Balaban J connectivity index is 2.10. The van der Waals surface area contributed by atoms with Crippen molar-refractivity contribution in [3.63, 3.8) is 0 Å². The van der Waals surface area contributed by atoms with Crippen molar-refractivity contribution >= 4 is 23.2 Å². The van der Waals surface area contributed by atoms with E-state index in [1.54, 1.807) is 6.07 Å². The summed E-state index contributed by atoms with van der Waals surface area (Å²) < 4.78 is 5.73. The van der Waals surface area contributed by atoms with Gasteiger partial charge in [0.15, 0.2) is 0 Å². The predicted molar refractivity (Wildman–Crippen MR) is 75.1 cm³/mol. The van der Waals surface area contributed by atoms with Gasteiger partial charge in [-0.25, -0.2) is 0 Å². The maximum absolute atomic E-state index is 5.91. The molecule has 0 saturated heterocycles. The summed E-state index contributed by atoms with van der Waals surface area (Å²) in [4.78, 5) is 0. The van der Waals surface area contributed by atoms with E-state index in [1.807, 2.05) is 36.4 Å². The first-order chi connectivity index (χ1) is 8.69. The van der Waals surface area contributed by atoms with Gasteiger partial charge in [-0.3, -0.25) is 0 Å². The number of nitrogens with two attached hydrogens (primary N) is 1. The predicted octanol–water partition coefficient (Wildman–Crippen LogP) is 4.03. The van der Waals surface area contributed by atoms with E-state index >= 15 is 0 Å². The highest BCUT2D eigenvalue weighted by molar-refractivity contribution is 6.30. The van der Waals surface area contributed by atoms with E-state index < -0.39 is 0 Å². The maximum Gasteiger partial charge on any atom is 0.124 e. The number of hydrogen-bond acceptors (Lipinski definition) is 2. The lowest BCUT2D eigenvalue weighted by Crippen LogP contribution is -2.02. The van der Waals surface area contributed by atoms with Crippen LogP contribution in [0.15, 0.2) is 42.5 Å². The molecule has 0 radical (unpaired) electrons. The van der Waals surface area contributed by atoms with Crippen LogP contribution in [0.1, 0.15) is 11.1 Å². The summed E-state index contributed by atoms with van der Waals surface area (Å²) >= 11 is 11.8. The number of hydrogen-bond donors (Lipinski definition) is 1. The van der Waals surface area contributed by atoms with Crippen LogP contribution in [0.2, 0.25) is 10.0 Å². The van der Waals surface area contributed by atoms with Crippen LogP contribution in [0.3, 0.4) is 0 Å². The van der Waals surface area contributed by atoms with Gasteiger partial charge in [-0.2, -0.15) is 0 Å². The van der Waals surface area contributed by atoms with Gasteiger partial charge < -0.3 is 10.5 Å². The molecular weight excluding hydrogens is 269 g/mol. The molecular formula is C14H13Cl2NO. The molecule has 0 aliphatic rings. The first-order valence-electron chi connectivity index (χ1n) is 5.55. The third kappa shape index (κ3) is 3.39. The number of ether oxygens (including phenoxy) is 1. The quantitative estimate of drug-likeness (QED) is 0.918. The number of halogens is 2. The van der Waals surface area contributed by atoms with Crippen molar-refractivity contribution in [3.05, 3.63) is 63.6 Å². The van der Waals surface area contributed by atoms with E-state index in [4.69, 9.17) is 33.7 Å². The molecule has 0 aromatic heterocycles. The standard InChI is InChI=1S/C14H13Cl2NO/c15-12-3-1-2-10(6-12)9-18-14-5-4-13(16)7-11(14)8-17/h1-7H,8-9,17H2. The molecule has 18 heavy (non-hydrogen) atoms. The van der Waals surface area contributed by atoms with Crippen LogP contribution in [0.4, 0.5) is 0 Å². The molecule has 2 N–H and O–H groups in total. The molecule has 2 aromatic carbocycles. The highest BCUT2D eigenvalue weighted by atomic mass is 35.5. The first-order valence-corrected chi connectivity index (χ1v) is 6.30. The molecule has 0 aliphatic heterocycles. The minimum absolute atomic E-state index is 0.394. The maximum atomic E-state index is 5.91. The topological polar surface area (TPSA) is 35.2 Å². The van der Waals surface area contributed by atoms with Crippen molar-refractivity contribution in [2.75, 3.05) is 0 Å². The average Bonchev–Trinajstić information content (AvgIpc) is 2.37. The second-order valence-electron chi connectivity index (χ2n) is 3.87. The van der Waals surface area contributed by atoms with E-state index in [0.29, 0.717) is 23.2 Å². The third-order valence-electron chi connectivity index (χ3n) is 2.53. The van der Waals surface area contributed by atoms with Crippen molar-refractivity contribution < 1.29 is 4.74 Å². The molecule has 2 aromatic rings. The Hall–Kier alpha value is -1.22. The molecule has 0 bridgehead atoms. The summed E-state index contributed by atoms with van der Waals surface area (Å²) in [6, 6.07) is 13.0. The van der Waals surface area contributed by atoms with Gasteiger partial charge in [0.05, 0.1) is 0 Å². The van der Waals surface area contributed by atoms with Crippen molar-refractivity contribution in [2.24, 2.45) is 5.73 Å². The van der Waals surface area contributed by atoms with Crippen LogP contribution in [-0.2, 0) is 13.2 Å². The van der Waals surface area contributed by atoms with Gasteiger partial charge in [0.25, 0.3) is 0 Å². The molecule has 0 unspecified atom stereocenters. The Labute approximate surface area is 116 Å². The molecule has 0 atom stereocenters. The normalized spacial score (nSPS) is 10.4. The highest BCUT2D eigenvalue weighted by Gasteiger charge is 2.04. The summed E-state index contributed by atoms with van der Waals surface area (Å²) in [6.45, 7) is 0.848. The smallest absolute Gasteiger partial charge is 0.124 e.